The van der Waals surface area contributed by atoms with Gasteiger partial charge in [-0.2, -0.15) is 0 Å². The predicted octanol–water partition coefficient (Wildman–Crippen LogP) is 4.29. The molecule has 3 rings (SSSR count). The summed E-state index contributed by atoms with van der Waals surface area (Å²) in [4.78, 5) is 13.0. The first kappa shape index (κ1) is 15.5. The van der Waals surface area contributed by atoms with Crippen molar-refractivity contribution in [3.8, 4) is 0 Å². The van der Waals surface area contributed by atoms with Gasteiger partial charge in [0.05, 0.1) is 21.1 Å². The van der Waals surface area contributed by atoms with Gasteiger partial charge < -0.3 is 0 Å². The summed E-state index contributed by atoms with van der Waals surface area (Å²) in [7, 11) is 6.52. The smallest absolute Gasteiger partial charge is 0.165 e. The average Bonchev–Trinajstić information content (AvgIpc) is 2.72. The molecule has 0 saturated heterocycles. The Labute approximate surface area is 134 Å². The molecule has 0 amide bonds. The van der Waals surface area contributed by atoms with Crippen LogP contribution in [0.3, 0.4) is 0 Å². The molecule has 0 N–H and O–H groups in total. The average molecular weight is 298 g/mol. The van der Waals surface area contributed by atoms with E-state index in [2.05, 4.69) is 72.3 Å². The van der Waals surface area contributed by atoms with Gasteiger partial charge in [-0.25, -0.2) is 0 Å². The second kappa shape index (κ2) is 4.55. The van der Waals surface area contributed by atoms with E-state index >= 15 is 0 Å². The van der Waals surface area contributed by atoms with Crippen LogP contribution >= 0.6 is 0 Å². The summed E-state index contributed by atoms with van der Waals surface area (Å²) in [5.41, 5.74) is 3.41. The lowest BCUT2D eigenvalue weighted by Crippen LogP contribution is -2.35. The Morgan fingerprint density at radius 2 is 1.77 bits per heavy atom. The van der Waals surface area contributed by atoms with Gasteiger partial charge in [-0.05, 0) is 42.4 Å². The van der Waals surface area contributed by atoms with E-state index in [1.54, 1.807) is 0 Å². The number of carbonyl (C=O) groups is 1. The van der Waals surface area contributed by atoms with Crippen molar-refractivity contribution in [2.75, 3.05) is 21.1 Å². The van der Waals surface area contributed by atoms with E-state index < -0.39 is 0 Å². The van der Waals surface area contributed by atoms with Gasteiger partial charge in [0.25, 0.3) is 0 Å². The summed E-state index contributed by atoms with van der Waals surface area (Å²) >= 11 is 0. The van der Waals surface area contributed by atoms with Gasteiger partial charge in [0.1, 0.15) is 5.69 Å². The van der Waals surface area contributed by atoms with Crippen LogP contribution in [0.1, 0.15) is 39.2 Å². The molecule has 2 bridgehead atoms. The van der Waals surface area contributed by atoms with Crippen LogP contribution in [0.25, 0.3) is 6.08 Å². The first-order chi connectivity index (χ1) is 10.1. The van der Waals surface area contributed by atoms with Crippen LogP contribution in [-0.4, -0.2) is 26.9 Å². The van der Waals surface area contributed by atoms with Gasteiger partial charge in [0, 0.05) is 16.6 Å². The third kappa shape index (κ3) is 1.93. The zero-order valence-electron chi connectivity index (χ0n) is 14.7. The Balaban J connectivity index is 2.11. The molecule has 0 aliphatic heterocycles. The van der Waals surface area contributed by atoms with Crippen molar-refractivity contribution in [1.29, 1.82) is 0 Å². The molecule has 2 aliphatic carbocycles. The van der Waals surface area contributed by atoms with E-state index in [0.29, 0.717) is 11.7 Å². The molecule has 2 fully saturated rings. The number of hydrogen-bond acceptors (Lipinski definition) is 1. The highest BCUT2D eigenvalue weighted by molar-refractivity contribution is 6.08. The first-order valence-corrected chi connectivity index (χ1v) is 8.26. The van der Waals surface area contributed by atoms with Crippen LogP contribution < -0.4 is 4.48 Å². The summed E-state index contributed by atoms with van der Waals surface area (Å²) in [5, 5.41) is 0. The topological polar surface area (TPSA) is 17.1 Å². The van der Waals surface area contributed by atoms with Crippen molar-refractivity contribution >= 4 is 17.5 Å². The van der Waals surface area contributed by atoms with Crippen molar-refractivity contribution < 1.29 is 4.79 Å². The van der Waals surface area contributed by atoms with E-state index in [1.807, 2.05) is 0 Å². The lowest BCUT2D eigenvalue weighted by Gasteiger charge is -2.31. The minimum absolute atomic E-state index is 0.0848. The minimum atomic E-state index is -0.172. The largest absolute Gasteiger partial charge is 0.298 e. The molecule has 2 atom stereocenters. The summed E-state index contributed by atoms with van der Waals surface area (Å²) in [5.74, 6) is 0.787. The zero-order valence-corrected chi connectivity index (χ0v) is 14.7. The molecule has 1 aromatic rings. The molecule has 0 radical (unpaired) electrons. The molecule has 2 heteroatoms. The lowest BCUT2D eigenvalue weighted by atomic mass is 9.70. The summed E-state index contributed by atoms with van der Waals surface area (Å²) in [6.07, 6.45) is 4.36. The molecular formula is C20H28NO+. The molecule has 22 heavy (non-hydrogen) atoms. The molecule has 2 saturated carbocycles. The minimum Gasteiger partial charge on any atom is -0.298 e. The number of quaternary nitrogens is 1. The van der Waals surface area contributed by atoms with Gasteiger partial charge in [0.2, 0.25) is 0 Å². The van der Waals surface area contributed by atoms with Crippen LogP contribution in [0.2, 0.25) is 0 Å². The molecule has 118 valence electrons. The van der Waals surface area contributed by atoms with Crippen LogP contribution in [0.4, 0.5) is 5.69 Å². The number of allylic oxidation sites excluding steroid dienone is 1. The van der Waals surface area contributed by atoms with Crippen LogP contribution in [0.15, 0.2) is 29.8 Å². The van der Waals surface area contributed by atoms with E-state index in [-0.39, 0.29) is 10.8 Å². The number of carbonyl (C=O) groups excluding carboxylic acids is 1. The highest BCUT2D eigenvalue weighted by Crippen LogP contribution is 2.65. The van der Waals surface area contributed by atoms with Crippen LogP contribution in [-0.2, 0) is 4.79 Å². The zero-order chi connectivity index (χ0) is 16.3. The highest BCUT2D eigenvalue weighted by atomic mass is 16.1. The van der Waals surface area contributed by atoms with Gasteiger partial charge in [0.15, 0.2) is 5.78 Å². The lowest BCUT2D eigenvalue weighted by molar-refractivity contribution is -0.125. The standard InChI is InChI=1S/C20H28NO/c1-19(2)16-11-12-20(19,3)18(22)15(16)13-14-9-7-8-10-17(14)21(4,5)6/h7-10,13,16H,11-12H2,1-6H3/q+1/b15-13+. The Morgan fingerprint density at radius 1 is 1.14 bits per heavy atom. The number of nitrogens with zero attached hydrogens (tertiary/aromatic N) is 1. The molecule has 0 heterocycles. The predicted molar refractivity (Wildman–Crippen MR) is 93.6 cm³/mol. The Kier molecular flexibility index (Phi) is 3.20. The molecule has 2 nitrogen and oxygen atoms in total. The molecule has 0 spiro atoms. The third-order valence-corrected chi connectivity index (χ3v) is 6.34. The normalized spacial score (nSPS) is 32.0. The monoisotopic (exact) mass is 298 g/mol. The third-order valence-electron chi connectivity index (χ3n) is 6.34. The second-order valence-corrected chi connectivity index (χ2v) is 8.65. The number of fused-ring (bicyclic) bond motifs is 2. The summed E-state index contributed by atoms with van der Waals surface area (Å²) in [6.45, 7) is 6.71. The van der Waals surface area contributed by atoms with Crippen molar-refractivity contribution in [2.24, 2.45) is 16.7 Å². The Hall–Kier alpha value is -1.41. The fourth-order valence-electron chi connectivity index (χ4n) is 4.48. The Morgan fingerprint density at radius 3 is 2.32 bits per heavy atom. The molecule has 2 unspecified atom stereocenters. The van der Waals surface area contributed by atoms with E-state index in [1.165, 1.54) is 11.3 Å². The molecule has 2 aliphatic rings. The number of ketones is 1. The van der Waals surface area contributed by atoms with E-state index in [0.717, 1.165) is 22.9 Å². The summed E-state index contributed by atoms with van der Waals surface area (Å²) in [6, 6.07) is 8.45. The first-order valence-electron chi connectivity index (χ1n) is 8.26. The van der Waals surface area contributed by atoms with Crippen molar-refractivity contribution in [3.63, 3.8) is 0 Å². The number of para-hydroxylation sites is 1. The van der Waals surface area contributed by atoms with Crippen molar-refractivity contribution in [3.05, 3.63) is 35.4 Å². The van der Waals surface area contributed by atoms with Crippen molar-refractivity contribution in [1.82, 2.24) is 4.48 Å². The van der Waals surface area contributed by atoms with E-state index in [9.17, 15) is 4.79 Å². The van der Waals surface area contributed by atoms with Gasteiger partial charge >= 0.3 is 0 Å². The van der Waals surface area contributed by atoms with Gasteiger partial charge in [-0.1, -0.05) is 32.9 Å². The number of benzene rings is 1. The van der Waals surface area contributed by atoms with Crippen LogP contribution in [0, 0.1) is 16.7 Å². The fourth-order valence-corrected chi connectivity index (χ4v) is 4.48. The van der Waals surface area contributed by atoms with Crippen molar-refractivity contribution in [2.45, 2.75) is 33.6 Å². The highest BCUT2D eigenvalue weighted by Gasteiger charge is 2.63. The molecular weight excluding hydrogens is 270 g/mol. The number of Topliss-reactive ketones (excluding diaryl/α,β-unsaturated/α-hetero) is 1. The van der Waals surface area contributed by atoms with Gasteiger partial charge in [-0.15, -0.1) is 0 Å². The maximum Gasteiger partial charge on any atom is 0.165 e. The summed E-state index contributed by atoms with van der Waals surface area (Å²) < 4.78 is 0.763. The SMILES string of the molecule is CC12CCC(/C(=C\c3ccccc3[N+](C)(C)C)C1=O)C2(C)C. The van der Waals surface area contributed by atoms with Crippen LogP contribution in [0.5, 0.6) is 0 Å². The molecule has 1 aromatic carbocycles. The quantitative estimate of drug-likeness (QED) is 0.588. The molecule has 0 aromatic heterocycles. The second-order valence-electron chi connectivity index (χ2n) is 8.65. The number of rotatable bonds is 2. The number of hydrogen-bond donors (Lipinski definition) is 0. The van der Waals surface area contributed by atoms with Gasteiger partial charge in [-0.3, -0.25) is 9.28 Å². The fraction of sp³-hybridized carbons (Fsp3) is 0.550. The van der Waals surface area contributed by atoms with E-state index in [4.69, 9.17) is 0 Å². The maximum absolute atomic E-state index is 13.0. The maximum atomic E-state index is 13.0. The Bertz CT molecular complexity index is 663.